The molecule has 1 aromatic rings. The molecule has 0 aliphatic carbocycles. The van der Waals surface area contributed by atoms with Gasteiger partial charge >= 0.3 is 0 Å². The Morgan fingerprint density at radius 1 is 1.29 bits per heavy atom. The molecule has 14 heavy (non-hydrogen) atoms. The summed E-state index contributed by atoms with van der Waals surface area (Å²) in [6, 6.07) is 6.63. The summed E-state index contributed by atoms with van der Waals surface area (Å²) >= 11 is 0. The number of hydrogen-bond donors (Lipinski definition) is 2. The van der Waals surface area contributed by atoms with Gasteiger partial charge in [0.05, 0.1) is 0 Å². The van der Waals surface area contributed by atoms with Gasteiger partial charge in [0.25, 0.3) is 0 Å². The summed E-state index contributed by atoms with van der Waals surface area (Å²) in [4.78, 5) is 0. The smallest absolute Gasteiger partial charge is 0.123 e. The Balaban J connectivity index is 2.28. The van der Waals surface area contributed by atoms with E-state index in [9.17, 15) is 4.39 Å². The Bertz CT molecular complexity index is 319. The summed E-state index contributed by atoms with van der Waals surface area (Å²) in [5.74, 6) is -0.203. The lowest BCUT2D eigenvalue weighted by atomic mass is 9.82. The van der Waals surface area contributed by atoms with Gasteiger partial charge in [-0.3, -0.25) is 0 Å². The van der Waals surface area contributed by atoms with Crippen molar-refractivity contribution >= 4 is 0 Å². The van der Waals surface area contributed by atoms with Crippen molar-refractivity contribution in [2.75, 3.05) is 13.1 Å². The molecule has 0 radical (unpaired) electrons. The van der Waals surface area contributed by atoms with Crippen LogP contribution in [0.5, 0.6) is 0 Å². The van der Waals surface area contributed by atoms with Crippen LogP contribution in [0.4, 0.5) is 4.39 Å². The third-order valence-electron chi connectivity index (χ3n) is 2.90. The molecule has 2 rings (SSSR count). The molecule has 1 aliphatic rings. The maximum absolute atomic E-state index is 13.0. The van der Waals surface area contributed by atoms with Crippen LogP contribution in [-0.2, 0) is 5.54 Å². The number of rotatable bonds is 1. The molecular weight excluding hydrogens is 179 g/mol. The molecule has 1 aromatic carbocycles. The van der Waals surface area contributed by atoms with Gasteiger partial charge in [0, 0.05) is 5.54 Å². The van der Waals surface area contributed by atoms with E-state index in [0.717, 1.165) is 31.5 Å². The molecule has 1 aliphatic heterocycles. The Hall–Kier alpha value is -0.930. The van der Waals surface area contributed by atoms with E-state index in [1.165, 1.54) is 6.07 Å². The first kappa shape index (κ1) is 9.62. The van der Waals surface area contributed by atoms with Crippen molar-refractivity contribution in [3.8, 4) is 0 Å². The number of piperidine rings is 1. The van der Waals surface area contributed by atoms with Crippen molar-refractivity contribution in [2.24, 2.45) is 5.73 Å². The fourth-order valence-electron chi connectivity index (χ4n) is 1.96. The van der Waals surface area contributed by atoms with Crippen LogP contribution in [0.1, 0.15) is 18.4 Å². The molecule has 3 N–H and O–H groups in total. The standard InChI is InChI=1S/C11H15FN2/c12-10-3-1-2-9(8-10)11(13)4-6-14-7-5-11/h1-3,8,14H,4-7,13H2. The summed E-state index contributed by atoms with van der Waals surface area (Å²) in [6.07, 6.45) is 1.74. The third kappa shape index (κ3) is 1.79. The van der Waals surface area contributed by atoms with Crippen LogP contribution in [0.3, 0.4) is 0 Å². The highest BCUT2D eigenvalue weighted by atomic mass is 19.1. The molecule has 3 heteroatoms. The predicted molar refractivity (Wildman–Crippen MR) is 54.4 cm³/mol. The number of benzene rings is 1. The quantitative estimate of drug-likeness (QED) is 0.708. The molecule has 2 nitrogen and oxygen atoms in total. The first-order valence-electron chi connectivity index (χ1n) is 4.96. The SMILES string of the molecule is NC1(c2cccc(F)c2)CCNCC1. The van der Waals surface area contributed by atoms with E-state index >= 15 is 0 Å². The molecule has 1 fully saturated rings. The fourth-order valence-corrected chi connectivity index (χ4v) is 1.96. The van der Waals surface area contributed by atoms with E-state index in [0.29, 0.717) is 0 Å². The summed E-state index contributed by atoms with van der Waals surface area (Å²) in [5, 5.41) is 3.25. The second kappa shape index (κ2) is 3.67. The summed E-state index contributed by atoms with van der Waals surface area (Å²) < 4.78 is 13.0. The van der Waals surface area contributed by atoms with E-state index in [4.69, 9.17) is 5.73 Å². The summed E-state index contributed by atoms with van der Waals surface area (Å²) in [5.41, 5.74) is 6.82. The largest absolute Gasteiger partial charge is 0.321 e. The lowest BCUT2D eigenvalue weighted by Crippen LogP contribution is -2.46. The second-order valence-corrected chi connectivity index (χ2v) is 3.92. The van der Waals surface area contributed by atoms with Crippen molar-refractivity contribution in [2.45, 2.75) is 18.4 Å². The highest BCUT2D eigenvalue weighted by Gasteiger charge is 2.29. The lowest BCUT2D eigenvalue weighted by Gasteiger charge is -2.34. The average molecular weight is 194 g/mol. The summed E-state index contributed by atoms with van der Waals surface area (Å²) in [7, 11) is 0. The van der Waals surface area contributed by atoms with Crippen molar-refractivity contribution in [3.05, 3.63) is 35.6 Å². The molecule has 1 heterocycles. The minimum atomic E-state index is -0.340. The van der Waals surface area contributed by atoms with Gasteiger partial charge in [-0.05, 0) is 43.6 Å². The van der Waals surface area contributed by atoms with E-state index in [2.05, 4.69) is 5.32 Å². The lowest BCUT2D eigenvalue weighted by molar-refractivity contribution is 0.316. The summed E-state index contributed by atoms with van der Waals surface area (Å²) in [6.45, 7) is 1.82. The first-order valence-corrected chi connectivity index (χ1v) is 4.96. The maximum Gasteiger partial charge on any atom is 0.123 e. The fraction of sp³-hybridized carbons (Fsp3) is 0.455. The van der Waals surface area contributed by atoms with Gasteiger partial charge in [0.2, 0.25) is 0 Å². The number of hydrogen-bond acceptors (Lipinski definition) is 2. The van der Waals surface area contributed by atoms with Gasteiger partial charge in [0.1, 0.15) is 5.82 Å². The molecule has 1 saturated heterocycles. The molecule has 76 valence electrons. The number of halogens is 1. The van der Waals surface area contributed by atoms with Crippen LogP contribution < -0.4 is 11.1 Å². The van der Waals surface area contributed by atoms with E-state index in [1.807, 2.05) is 6.07 Å². The van der Waals surface area contributed by atoms with Crippen LogP contribution in [0, 0.1) is 5.82 Å². The topological polar surface area (TPSA) is 38.0 Å². The normalized spacial score (nSPS) is 20.7. The van der Waals surface area contributed by atoms with E-state index in [-0.39, 0.29) is 11.4 Å². The maximum atomic E-state index is 13.0. The van der Waals surface area contributed by atoms with Crippen LogP contribution in [-0.4, -0.2) is 13.1 Å². The molecule has 0 amide bonds. The molecular formula is C11H15FN2. The Morgan fingerprint density at radius 3 is 2.64 bits per heavy atom. The molecule has 0 aromatic heterocycles. The molecule has 0 unspecified atom stereocenters. The Labute approximate surface area is 83.3 Å². The zero-order valence-corrected chi connectivity index (χ0v) is 8.09. The highest BCUT2D eigenvalue weighted by molar-refractivity contribution is 5.25. The van der Waals surface area contributed by atoms with E-state index in [1.54, 1.807) is 12.1 Å². The van der Waals surface area contributed by atoms with Gasteiger partial charge < -0.3 is 11.1 Å². The zero-order chi connectivity index (χ0) is 10.0. The van der Waals surface area contributed by atoms with E-state index < -0.39 is 0 Å². The van der Waals surface area contributed by atoms with Gasteiger partial charge in [-0.25, -0.2) is 4.39 Å². The zero-order valence-electron chi connectivity index (χ0n) is 8.09. The number of nitrogens with one attached hydrogen (secondary N) is 1. The van der Waals surface area contributed by atoms with Gasteiger partial charge in [-0.15, -0.1) is 0 Å². The molecule has 0 bridgehead atoms. The predicted octanol–water partition coefficient (Wildman–Crippen LogP) is 1.36. The van der Waals surface area contributed by atoms with Crippen LogP contribution in [0.25, 0.3) is 0 Å². The molecule has 0 saturated carbocycles. The monoisotopic (exact) mass is 194 g/mol. The molecule has 0 atom stereocenters. The van der Waals surface area contributed by atoms with Gasteiger partial charge in [-0.2, -0.15) is 0 Å². The van der Waals surface area contributed by atoms with Crippen LogP contribution >= 0.6 is 0 Å². The van der Waals surface area contributed by atoms with Crippen LogP contribution in [0.2, 0.25) is 0 Å². The van der Waals surface area contributed by atoms with Gasteiger partial charge in [-0.1, -0.05) is 12.1 Å². The van der Waals surface area contributed by atoms with Crippen molar-refractivity contribution in [3.63, 3.8) is 0 Å². The van der Waals surface area contributed by atoms with Crippen LogP contribution in [0.15, 0.2) is 24.3 Å². The molecule has 0 spiro atoms. The Kier molecular flexibility index (Phi) is 2.52. The third-order valence-corrected chi connectivity index (χ3v) is 2.90. The van der Waals surface area contributed by atoms with Crippen molar-refractivity contribution in [1.29, 1.82) is 0 Å². The van der Waals surface area contributed by atoms with Gasteiger partial charge in [0.15, 0.2) is 0 Å². The van der Waals surface area contributed by atoms with Crippen molar-refractivity contribution in [1.82, 2.24) is 5.32 Å². The highest BCUT2D eigenvalue weighted by Crippen LogP contribution is 2.27. The average Bonchev–Trinajstić information content (AvgIpc) is 2.19. The first-order chi connectivity index (χ1) is 6.71. The number of nitrogens with two attached hydrogens (primary N) is 1. The second-order valence-electron chi connectivity index (χ2n) is 3.92. The Morgan fingerprint density at radius 2 is 2.00 bits per heavy atom. The van der Waals surface area contributed by atoms with Crippen molar-refractivity contribution < 1.29 is 4.39 Å². The minimum absolute atomic E-state index is 0.203. The minimum Gasteiger partial charge on any atom is -0.321 e.